The van der Waals surface area contributed by atoms with Crippen LogP contribution in [0.15, 0.2) is 56.8 Å². The predicted octanol–water partition coefficient (Wildman–Crippen LogP) is 4.43. The second kappa shape index (κ2) is 8.42. The van der Waals surface area contributed by atoms with E-state index in [4.69, 9.17) is 10.00 Å². The van der Waals surface area contributed by atoms with E-state index in [1.54, 1.807) is 20.2 Å². The van der Waals surface area contributed by atoms with Crippen LogP contribution in [0.25, 0.3) is 6.08 Å². The van der Waals surface area contributed by atoms with E-state index in [2.05, 4.69) is 27.0 Å². The van der Waals surface area contributed by atoms with E-state index in [0.717, 1.165) is 15.6 Å². The van der Waals surface area contributed by atoms with Crippen molar-refractivity contribution in [3.8, 4) is 11.8 Å². The van der Waals surface area contributed by atoms with Gasteiger partial charge in [-0.15, -0.1) is 0 Å². The number of hydrogen-bond acceptors (Lipinski definition) is 5. The third-order valence-electron chi connectivity index (χ3n) is 3.97. The van der Waals surface area contributed by atoms with Gasteiger partial charge >= 0.3 is 0 Å². The van der Waals surface area contributed by atoms with Crippen LogP contribution in [0.4, 0.5) is 0 Å². The van der Waals surface area contributed by atoms with Gasteiger partial charge in [-0.05, 0) is 57.5 Å². The summed E-state index contributed by atoms with van der Waals surface area (Å²) in [4.78, 5) is 18.5. The smallest absolute Gasteiger partial charge is 0.266 e. The molecule has 0 N–H and O–H groups in total. The Morgan fingerprint density at radius 1 is 1.33 bits per heavy atom. The van der Waals surface area contributed by atoms with E-state index in [-0.39, 0.29) is 5.91 Å². The second-order valence-electron chi connectivity index (χ2n) is 5.73. The van der Waals surface area contributed by atoms with Crippen molar-refractivity contribution in [1.29, 1.82) is 5.26 Å². The highest BCUT2D eigenvalue weighted by molar-refractivity contribution is 9.10. The molecule has 0 unspecified atom stereocenters. The molecular formula is C20H16BrN3O2S. The third-order valence-corrected chi connectivity index (χ3v) is 5.74. The molecule has 0 aromatic heterocycles. The van der Waals surface area contributed by atoms with Gasteiger partial charge in [0.05, 0.1) is 21.0 Å². The molecule has 1 amide bonds. The highest BCUT2D eigenvalue weighted by Gasteiger charge is 2.29. The van der Waals surface area contributed by atoms with Gasteiger partial charge in [-0.25, -0.2) is 0 Å². The van der Waals surface area contributed by atoms with Gasteiger partial charge in [-0.1, -0.05) is 24.3 Å². The van der Waals surface area contributed by atoms with Crippen molar-refractivity contribution in [2.45, 2.75) is 6.61 Å². The van der Waals surface area contributed by atoms with E-state index in [0.29, 0.717) is 28.0 Å². The maximum absolute atomic E-state index is 12.2. The number of nitriles is 1. The number of carbonyl (C=O) groups excluding carboxylic acids is 1. The summed E-state index contributed by atoms with van der Waals surface area (Å²) in [5.41, 5.74) is 2.32. The van der Waals surface area contributed by atoms with E-state index in [1.165, 1.54) is 16.7 Å². The number of thioether (sulfide) groups is 1. The van der Waals surface area contributed by atoms with Crippen LogP contribution in [0.2, 0.25) is 0 Å². The van der Waals surface area contributed by atoms with Crippen molar-refractivity contribution >= 4 is 44.8 Å². The number of ether oxygens (including phenoxy) is 1. The molecular weight excluding hydrogens is 426 g/mol. The Bertz CT molecular complexity index is 995. The SMILES string of the molecule is CN=C1S/C(=C/c2ccc(OCc3ccccc3C#N)c(Br)c2)C(=O)N1C. The average molecular weight is 442 g/mol. The first-order chi connectivity index (χ1) is 13.0. The van der Waals surface area contributed by atoms with Crippen molar-refractivity contribution in [2.75, 3.05) is 14.1 Å². The molecule has 0 atom stereocenters. The fourth-order valence-electron chi connectivity index (χ4n) is 2.54. The standard InChI is InChI=1S/C20H16BrN3O2S/c1-23-20-24(2)19(25)18(27-20)10-13-7-8-17(16(21)9-13)26-12-15-6-4-3-5-14(15)11-22/h3-10H,12H2,1-2H3/b18-10+,23-20?. The number of carbonyl (C=O) groups is 1. The van der Waals surface area contributed by atoms with Crippen molar-refractivity contribution in [3.63, 3.8) is 0 Å². The quantitative estimate of drug-likeness (QED) is 0.658. The fraction of sp³-hybridized carbons (Fsp3) is 0.150. The van der Waals surface area contributed by atoms with Gasteiger partial charge in [-0.2, -0.15) is 5.26 Å². The zero-order chi connectivity index (χ0) is 19.4. The molecule has 2 aromatic rings. The number of halogens is 1. The molecule has 1 heterocycles. The Morgan fingerprint density at radius 3 is 2.78 bits per heavy atom. The van der Waals surface area contributed by atoms with Gasteiger partial charge in [-0.3, -0.25) is 14.7 Å². The minimum Gasteiger partial charge on any atom is -0.488 e. The molecule has 2 aromatic carbocycles. The summed E-state index contributed by atoms with van der Waals surface area (Å²) in [5.74, 6) is 0.605. The first-order valence-corrected chi connectivity index (χ1v) is 9.69. The lowest BCUT2D eigenvalue weighted by Crippen LogP contribution is -2.23. The van der Waals surface area contributed by atoms with Crippen molar-refractivity contribution in [2.24, 2.45) is 4.99 Å². The molecule has 3 rings (SSSR count). The normalized spacial score (nSPS) is 16.8. The van der Waals surface area contributed by atoms with Crippen molar-refractivity contribution in [1.82, 2.24) is 4.90 Å². The first-order valence-electron chi connectivity index (χ1n) is 8.08. The molecule has 27 heavy (non-hydrogen) atoms. The molecule has 1 aliphatic rings. The highest BCUT2D eigenvalue weighted by atomic mass is 79.9. The van der Waals surface area contributed by atoms with Crippen LogP contribution in [0.1, 0.15) is 16.7 Å². The number of rotatable bonds is 4. The van der Waals surface area contributed by atoms with Crippen LogP contribution < -0.4 is 4.74 Å². The zero-order valence-electron chi connectivity index (χ0n) is 14.8. The molecule has 0 spiro atoms. The first kappa shape index (κ1) is 19.2. The van der Waals surface area contributed by atoms with Gasteiger partial charge in [0.2, 0.25) is 0 Å². The van der Waals surface area contributed by atoms with Gasteiger partial charge < -0.3 is 4.74 Å². The lowest BCUT2D eigenvalue weighted by molar-refractivity contribution is -0.121. The van der Waals surface area contributed by atoms with Crippen molar-refractivity contribution < 1.29 is 9.53 Å². The summed E-state index contributed by atoms with van der Waals surface area (Å²) in [6, 6.07) is 15.1. The Hall–Kier alpha value is -2.56. The molecule has 7 heteroatoms. The van der Waals surface area contributed by atoms with Crippen LogP contribution in [0.3, 0.4) is 0 Å². The summed E-state index contributed by atoms with van der Waals surface area (Å²) in [6.07, 6.45) is 1.83. The lowest BCUT2D eigenvalue weighted by atomic mass is 10.1. The molecule has 1 aliphatic heterocycles. The fourth-order valence-corrected chi connectivity index (χ4v) is 3.97. The number of benzene rings is 2. The van der Waals surface area contributed by atoms with Crippen molar-refractivity contribution in [3.05, 3.63) is 68.5 Å². The van der Waals surface area contributed by atoms with E-state index >= 15 is 0 Å². The number of amidine groups is 1. The maximum atomic E-state index is 12.2. The minimum absolute atomic E-state index is 0.0647. The highest BCUT2D eigenvalue weighted by Crippen LogP contribution is 2.33. The average Bonchev–Trinajstić information content (AvgIpc) is 2.95. The molecule has 0 radical (unpaired) electrons. The van der Waals surface area contributed by atoms with Crippen LogP contribution in [-0.2, 0) is 11.4 Å². The Kier molecular flexibility index (Phi) is 5.99. The Labute approximate surface area is 170 Å². The van der Waals surface area contributed by atoms with Crippen LogP contribution in [-0.4, -0.2) is 30.1 Å². The number of hydrogen-bond donors (Lipinski definition) is 0. The molecule has 136 valence electrons. The summed E-state index contributed by atoms with van der Waals surface area (Å²) >= 11 is 4.87. The van der Waals surface area contributed by atoms with Crippen LogP contribution >= 0.6 is 27.7 Å². The summed E-state index contributed by atoms with van der Waals surface area (Å²) < 4.78 is 6.62. The van der Waals surface area contributed by atoms with Crippen LogP contribution in [0, 0.1) is 11.3 Å². The topological polar surface area (TPSA) is 65.7 Å². The monoisotopic (exact) mass is 441 g/mol. The number of nitrogens with zero attached hydrogens (tertiary/aromatic N) is 3. The minimum atomic E-state index is -0.0647. The van der Waals surface area contributed by atoms with Gasteiger partial charge in [0.15, 0.2) is 5.17 Å². The molecule has 1 saturated heterocycles. The third kappa shape index (κ3) is 4.24. The van der Waals surface area contributed by atoms with Crippen LogP contribution in [0.5, 0.6) is 5.75 Å². The molecule has 5 nitrogen and oxygen atoms in total. The largest absolute Gasteiger partial charge is 0.488 e. The van der Waals surface area contributed by atoms with Gasteiger partial charge in [0.1, 0.15) is 12.4 Å². The predicted molar refractivity (Wildman–Crippen MR) is 111 cm³/mol. The van der Waals surface area contributed by atoms with Gasteiger partial charge in [0, 0.05) is 19.7 Å². The molecule has 0 aliphatic carbocycles. The van der Waals surface area contributed by atoms with E-state index in [1.807, 2.05) is 42.5 Å². The number of aliphatic imine (C=N–C) groups is 1. The summed E-state index contributed by atoms with van der Waals surface area (Å²) in [7, 11) is 3.38. The maximum Gasteiger partial charge on any atom is 0.266 e. The summed E-state index contributed by atoms with van der Waals surface area (Å²) in [6.45, 7) is 0.304. The Morgan fingerprint density at radius 2 is 2.11 bits per heavy atom. The Balaban J connectivity index is 1.76. The summed E-state index contributed by atoms with van der Waals surface area (Å²) in [5, 5.41) is 9.84. The van der Waals surface area contributed by atoms with E-state index < -0.39 is 0 Å². The molecule has 0 saturated carbocycles. The van der Waals surface area contributed by atoms with Gasteiger partial charge in [0.25, 0.3) is 5.91 Å². The lowest BCUT2D eigenvalue weighted by Gasteiger charge is -2.10. The molecule has 0 bridgehead atoms. The molecule has 1 fully saturated rings. The zero-order valence-corrected chi connectivity index (χ0v) is 17.2. The second-order valence-corrected chi connectivity index (χ2v) is 7.59. The number of amides is 1. The van der Waals surface area contributed by atoms with E-state index in [9.17, 15) is 4.79 Å². The number of likely N-dealkylation sites (N-methyl/N-ethyl adjacent to an activating group) is 1.